The second-order valence-electron chi connectivity index (χ2n) is 11.6. The van der Waals surface area contributed by atoms with Gasteiger partial charge in [-0.25, -0.2) is 0 Å². The zero-order valence-corrected chi connectivity index (χ0v) is 26.9. The van der Waals surface area contributed by atoms with E-state index < -0.39 is 32.7 Å². The van der Waals surface area contributed by atoms with Crippen molar-refractivity contribution in [3.63, 3.8) is 0 Å². The van der Waals surface area contributed by atoms with Crippen molar-refractivity contribution in [2.45, 2.75) is 83.4 Å². The van der Waals surface area contributed by atoms with E-state index in [0.29, 0.717) is 0 Å². The summed E-state index contributed by atoms with van der Waals surface area (Å²) in [5.74, 6) is 0. The molecule has 0 saturated carbocycles. The average Bonchev–Trinajstić information content (AvgIpc) is 2.79. The van der Waals surface area contributed by atoms with Gasteiger partial charge in [-0.2, -0.15) is 0 Å². The Kier molecular flexibility index (Phi) is 9.80. The summed E-state index contributed by atoms with van der Waals surface area (Å²) in [7, 11) is -5.10. The number of benzene rings is 2. The fraction of sp³-hybridized carbons (Fsp3) is 0.571. The fourth-order valence-corrected chi connectivity index (χ4v) is 30.9. The predicted octanol–water partition coefficient (Wildman–Crippen LogP) is 8.45. The Morgan fingerprint density at radius 1 is 0.606 bits per heavy atom. The van der Waals surface area contributed by atoms with Crippen LogP contribution in [-0.4, -0.2) is 41.0 Å². The van der Waals surface area contributed by atoms with Gasteiger partial charge in [0.15, 0.2) is 0 Å². The molecule has 0 N–H and O–H groups in total. The Hall–Kier alpha value is -0.301. The Morgan fingerprint density at radius 2 is 0.909 bits per heavy atom. The van der Waals surface area contributed by atoms with Gasteiger partial charge in [0.25, 0.3) is 0 Å². The zero-order valence-electron chi connectivity index (χ0n) is 22.2. The van der Waals surface area contributed by atoms with E-state index in [1.165, 1.54) is 8.87 Å². The molecular formula is C28H46O2P2Sn. The van der Waals surface area contributed by atoms with Crippen LogP contribution in [0.4, 0.5) is 0 Å². The predicted molar refractivity (Wildman–Crippen MR) is 153 cm³/mol. The van der Waals surface area contributed by atoms with Crippen LogP contribution in [0.25, 0.3) is 0 Å². The van der Waals surface area contributed by atoms with Gasteiger partial charge in [-0.3, -0.25) is 0 Å². The van der Waals surface area contributed by atoms with E-state index in [-0.39, 0.29) is 10.3 Å². The third-order valence-corrected chi connectivity index (χ3v) is 34.7. The van der Waals surface area contributed by atoms with E-state index in [0.717, 1.165) is 31.8 Å². The van der Waals surface area contributed by atoms with Crippen molar-refractivity contribution >= 4 is 43.3 Å². The molecule has 0 aliphatic heterocycles. The molecule has 2 nitrogen and oxygen atoms in total. The van der Waals surface area contributed by atoms with E-state index in [1.807, 2.05) is 36.4 Å². The van der Waals surface area contributed by atoms with Crippen molar-refractivity contribution < 1.29 is 9.13 Å². The van der Waals surface area contributed by atoms with Crippen molar-refractivity contribution in [2.24, 2.45) is 0 Å². The van der Waals surface area contributed by atoms with Gasteiger partial charge in [0.2, 0.25) is 0 Å². The van der Waals surface area contributed by atoms with Crippen LogP contribution in [-0.2, 0) is 9.13 Å². The molecule has 0 saturated heterocycles. The third-order valence-electron chi connectivity index (χ3n) is 7.93. The molecule has 2 aromatic rings. The summed E-state index contributed by atoms with van der Waals surface area (Å²) >= 11 is -2.64. The van der Waals surface area contributed by atoms with Crippen LogP contribution in [0, 0.1) is 0 Å². The van der Waals surface area contributed by atoms with Crippen LogP contribution in [0.3, 0.4) is 0 Å². The van der Waals surface area contributed by atoms with Crippen molar-refractivity contribution in [3.05, 3.63) is 60.7 Å². The first kappa shape index (κ1) is 28.9. The van der Waals surface area contributed by atoms with E-state index in [4.69, 9.17) is 0 Å². The van der Waals surface area contributed by atoms with Gasteiger partial charge in [0, 0.05) is 0 Å². The summed E-state index contributed by atoms with van der Waals surface area (Å²) in [4.78, 5) is 0. The van der Waals surface area contributed by atoms with E-state index >= 15 is 0 Å². The monoisotopic (exact) mass is 596 g/mol. The minimum atomic E-state index is -2.64. The normalized spacial score (nSPS) is 16.7. The molecule has 0 aromatic heterocycles. The van der Waals surface area contributed by atoms with Crippen molar-refractivity contribution in [1.82, 2.24) is 0 Å². The van der Waals surface area contributed by atoms with Gasteiger partial charge in [-0.05, 0) is 0 Å². The van der Waals surface area contributed by atoms with Crippen LogP contribution in [0.1, 0.15) is 55.4 Å². The molecule has 5 heteroatoms. The summed E-state index contributed by atoms with van der Waals surface area (Å²) in [6, 6.07) is 20.3. The number of rotatable bonds is 10. The molecule has 0 heterocycles. The van der Waals surface area contributed by atoms with E-state index in [2.05, 4.69) is 79.7 Å². The van der Waals surface area contributed by atoms with Gasteiger partial charge in [0.05, 0.1) is 0 Å². The number of hydrogen-bond acceptors (Lipinski definition) is 2. The summed E-state index contributed by atoms with van der Waals surface area (Å²) in [5, 5.41) is 1.54. The Balaban J connectivity index is 2.34. The molecule has 2 atom stereocenters. The Labute approximate surface area is 208 Å². The molecule has 0 radical (unpaired) electrons. The maximum absolute atomic E-state index is 14.5. The van der Waals surface area contributed by atoms with Gasteiger partial charge in [0.1, 0.15) is 0 Å². The minimum absolute atomic E-state index is 0.252. The van der Waals surface area contributed by atoms with Gasteiger partial charge >= 0.3 is 209 Å². The van der Waals surface area contributed by atoms with Gasteiger partial charge in [-0.15, -0.1) is 0 Å². The topological polar surface area (TPSA) is 34.1 Å². The molecular weight excluding hydrogens is 549 g/mol. The first-order valence-corrected chi connectivity index (χ1v) is 24.4. The van der Waals surface area contributed by atoms with E-state index in [1.54, 1.807) is 0 Å². The fourth-order valence-electron chi connectivity index (χ4n) is 4.91. The molecule has 2 aromatic carbocycles. The quantitative estimate of drug-likeness (QED) is 0.204. The van der Waals surface area contributed by atoms with Gasteiger partial charge < -0.3 is 0 Å². The third kappa shape index (κ3) is 6.48. The van der Waals surface area contributed by atoms with Gasteiger partial charge in [-0.1, -0.05) is 0 Å². The standard InChI is InChI=1S/2C12H18OP.2C2H5.Sn/c2*1-5-14(13,12(2,3)4)11-9-7-6-8-10-11;2*1-2;/h2*6-10H,1,5H2,2-4H3;2*1H2,2H3;. The van der Waals surface area contributed by atoms with E-state index in [9.17, 15) is 9.13 Å². The Morgan fingerprint density at radius 3 is 1.15 bits per heavy atom. The molecule has 0 fully saturated rings. The maximum atomic E-state index is 14.5. The first-order chi connectivity index (χ1) is 15.2. The molecule has 2 unspecified atom stereocenters. The molecule has 2 rings (SSSR count). The molecule has 0 bridgehead atoms. The van der Waals surface area contributed by atoms with Crippen molar-refractivity contribution in [3.8, 4) is 0 Å². The van der Waals surface area contributed by atoms with Crippen molar-refractivity contribution in [1.29, 1.82) is 0 Å². The Bertz CT molecular complexity index is 891. The van der Waals surface area contributed by atoms with Crippen LogP contribution in [0.5, 0.6) is 0 Å². The zero-order chi connectivity index (χ0) is 25.0. The van der Waals surface area contributed by atoms with Crippen LogP contribution >= 0.6 is 14.3 Å². The molecule has 33 heavy (non-hydrogen) atoms. The summed E-state index contributed by atoms with van der Waals surface area (Å²) < 4.78 is 33.6. The summed E-state index contributed by atoms with van der Waals surface area (Å²) in [6.45, 7) is 17.5. The number of hydrogen-bond donors (Lipinski definition) is 0. The van der Waals surface area contributed by atoms with Crippen molar-refractivity contribution in [2.75, 3.05) is 12.3 Å². The van der Waals surface area contributed by atoms with Crippen LogP contribution < -0.4 is 10.6 Å². The summed E-state index contributed by atoms with van der Waals surface area (Å²) in [6.07, 6.45) is 1.59. The SMILES string of the molecule is C[CH2][Sn]([CH2]C)([CH2]CP(=O)(c1ccccc1)C(C)(C)C)[CH2]CP(=O)(c1ccccc1)C(C)(C)C. The molecule has 0 amide bonds. The van der Waals surface area contributed by atoms with Crippen LogP contribution in [0.15, 0.2) is 60.7 Å². The second-order valence-corrected chi connectivity index (χ2v) is 34.7. The molecule has 184 valence electrons. The summed E-state index contributed by atoms with van der Waals surface area (Å²) in [5.41, 5.74) is 0. The first-order valence-electron chi connectivity index (χ1n) is 12.5. The second kappa shape index (κ2) is 11.2. The molecule has 0 aliphatic rings. The van der Waals surface area contributed by atoms with Crippen LogP contribution in [0.2, 0.25) is 17.7 Å². The molecule has 0 aliphatic carbocycles. The molecule has 0 spiro atoms. The average molecular weight is 595 g/mol.